The number of benzene rings is 3. The molecule has 0 atom stereocenters. The average molecular weight is 548 g/mol. The predicted molar refractivity (Wildman–Crippen MR) is 120 cm³/mol. The van der Waals surface area contributed by atoms with Crippen LogP contribution in [0.2, 0.25) is 5.02 Å². The first-order valence-electron chi connectivity index (χ1n) is 8.98. The van der Waals surface area contributed by atoms with Crippen molar-refractivity contribution in [2.24, 2.45) is 0 Å². The van der Waals surface area contributed by atoms with Gasteiger partial charge in [-0.3, -0.25) is 9.10 Å². The third-order valence-electron chi connectivity index (χ3n) is 4.29. The highest BCUT2D eigenvalue weighted by atomic mass is 79.9. The standard InChI is InChI=1S/C21H15BrClF3N2O3S/c22-14-6-9-16(10-7-14)28(32(30,31)17-4-2-1-3-5-17)13-20(29)27-19-11-8-15(23)12-18(19)21(24,25)26/h1-12H,13H2,(H,27,29). The molecule has 3 aromatic carbocycles. The molecule has 1 amide bonds. The Morgan fingerprint density at radius 2 is 1.62 bits per heavy atom. The topological polar surface area (TPSA) is 66.5 Å². The van der Waals surface area contributed by atoms with Crippen LogP contribution in [0.25, 0.3) is 0 Å². The van der Waals surface area contributed by atoms with Gasteiger partial charge in [0, 0.05) is 9.50 Å². The molecule has 0 fully saturated rings. The van der Waals surface area contributed by atoms with Crippen molar-refractivity contribution in [2.45, 2.75) is 11.1 Å². The number of hydrogen-bond acceptors (Lipinski definition) is 3. The van der Waals surface area contributed by atoms with Crippen molar-refractivity contribution in [1.82, 2.24) is 0 Å². The Bertz CT molecular complexity index is 1220. The zero-order chi connectivity index (χ0) is 23.5. The molecule has 0 spiro atoms. The molecule has 3 rings (SSSR count). The number of halogens is 5. The normalized spacial score (nSPS) is 11.8. The van der Waals surface area contributed by atoms with E-state index in [0.29, 0.717) is 10.5 Å². The van der Waals surface area contributed by atoms with Crippen LogP contribution in [-0.4, -0.2) is 20.9 Å². The summed E-state index contributed by atoms with van der Waals surface area (Å²) in [5.74, 6) is -0.958. The molecule has 0 unspecified atom stereocenters. The monoisotopic (exact) mass is 546 g/mol. The van der Waals surface area contributed by atoms with Crippen LogP contribution in [0.3, 0.4) is 0 Å². The molecule has 0 radical (unpaired) electrons. The van der Waals surface area contributed by atoms with Crippen molar-refractivity contribution in [2.75, 3.05) is 16.2 Å². The maximum Gasteiger partial charge on any atom is 0.418 e. The lowest BCUT2D eigenvalue weighted by Gasteiger charge is -2.24. The van der Waals surface area contributed by atoms with E-state index >= 15 is 0 Å². The summed E-state index contributed by atoms with van der Waals surface area (Å²) in [5, 5.41) is 1.99. The van der Waals surface area contributed by atoms with E-state index in [2.05, 4.69) is 21.2 Å². The minimum atomic E-state index is -4.77. The molecule has 0 bridgehead atoms. The Balaban J connectivity index is 1.96. The van der Waals surface area contributed by atoms with Gasteiger partial charge in [0.1, 0.15) is 6.54 Å². The summed E-state index contributed by atoms with van der Waals surface area (Å²) in [7, 11) is -4.19. The summed E-state index contributed by atoms with van der Waals surface area (Å²) in [6.07, 6.45) is -4.77. The number of amides is 1. The summed E-state index contributed by atoms with van der Waals surface area (Å²) in [5.41, 5.74) is -1.50. The lowest BCUT2D eigenvalue weighted by atomic mass is 10.1. The Morgan fingerprint density at radius 3 is 2.22 bits per heavy atom. The van der Waals surface area contributed by atoms with Gasteiger partial charge < -0.3 is 5.32 Å². The van der Waals surface area contributed by atoms with Gasteiger partial charge in [0.15, 0.2) is 0 Å². The molecule has 0 aliphatic rings. The molecular formula is C21H15BrClF3N2O3S. The molecular weight excluding hydrogens is 533 g/mol. The Morgan fingerprint density at radius 1 is 1.00 bits per heavy atom. The number of alkyl halides is 3. The molecule has 168 valence electrons. The second-order valence-electron chi connectivity index (χ2n) is 6.54. The van der Waals surface area contributed by atoms with Crippen molar-refractivity contribution in [3.63, 3.8) is 0 Å². The molecule has 11 heteroatoms. The van der Waals surface area contributed by atoms with Crippen LogP contribution >= 0.6 is 27.5 Å². The van der Waals surface area contributed by atoms with Gasteiger partial charge in [-0.25, -0.2) is 8.42 Å². The van der Waals surface area contributed by atoms with E-state index in [9.17, 15) is 26.4 Å². The highest BCUT2D eigenvalue weighted by molar-refractivity contribution is 9.10. The van der Waals surface area contributed by atoms with E-state index in [1.807, 2.05) is 0 Å². The summed E-state index contributed by atoms with van der Waals surface area (Å²) in [6.45, 7) is -0.751. The predicted octanol–water partition coefficient (Wildman–Crippen LogP) is 5.96. The van der Waals surface area contributed by atoms with Crippen LogP contribution in [0.4, 0.5) is 24.5 Å². The summed E-state index contributed by atoms with van der Waals surface area (Å²) in [6, 6.07) is 16.4. The van der Waals surface area contributed by atoms with Crippen LogP contribution in [0.1, 0.15) is 5.56 Å². The quantitative estimate of drug-likeness (QED) is 0.414. The SMILES string of the molecule is O=C(CN(c1ccc(Br)cc1)S(=O)(=O)c1ccccc1)Nc1ccc(Cl)cc1C(F)(F)F. The summed E-state index contributed by atoms with van der Waals surface area (Å²) < 4.78 is 67.9. The van der Waals surface area contributed by atoms with E-state index in [1.54, 1.807) is 18.2 Å². The first kappa shape index (κ1) is 24.1. The molecule has 0 aliphatic carbocycles. The number of anilines is 2. The highest BCUT2D eigenvalue weighted by Crippen LogP contribution is 2.36. The van der Waals surface area contributed by atoms with E-state index < -0.39 is 39.9 Å². The largest absolute Gasteiger partial charge is 0.418 e. The highest BCUT2D eigenvalue weighted by Gasteiger charge is 2.35. The number of carbonyl (C=O) groups excluding carboxylic acids is 1. The molecule has 0 heterocycles. The summed E-state index contributed by atoms with van der Waals surface area (Å²) in [4.78, 5) is 12.6. The second kappa shape index (κ2) is 9.51. The molecule has 5 nitrogen and oxygen atoms in total. The van der Waals surface area contributed by atoms with E-state index in [1.165, 1.54) is 42.5 Å². The van der Waals surface area contributed by atoms with Gasteiger partial charge in [0.05, 0.1) is 21.8 Å². The Labute approximate surface area is 196 Å². The molecule has 0 aliphatic heterocycles. The number of rotatable bonds is 6. The minimum absolute atomic E-state index is 0.0711. The van der Waals surface area contributed by atoms with Crippen LogP contribution < -0.4 is 9.62 Å². The van der Waals surface area contributed by atoms with Crippen molar-refractivity contribution in [3.8, 4) is 0 Å². The average Bonchev–Trinajstić information content (AvgIpc) is 2.74. The first-order valence-corrected chi connectivity index (χ1v) is 11.6. The van der Waals surface area contributed by atoms with Gasteiger partial charge >= 0.3 is 6.18 Å². The fraction of sp³-hybridized carbons (Fsp3) is 0.0952. The van der Waals surface area contributed by atoms with Gasteiger partial charge in [-0.1, -0.05) is 45.7 Å². The van der Waals surface area contributed by atoms with E-state index in [-0.39, 0.29) is 15.6 Å². The number of hydrogen-bond donors (Lipinski definition) is 1. The third kappa shape index (κ3) is 5.62. The Kier molecular flexibility index (Phi) is 7.16. The number of sulfonamides is 1. The fourth-order valence-corrected chi connectivity index (χ4v) is 4.70. The van der Waals surface area contributed by atoms with Gasteiger partial charge in [-0.15, -0.1) is 0 Å². The lowest BCUT2D eigenvalue weighted by molar-refractivity contribution is -0.137. The van der Waals surface area contributed by atoms with Crippen LogP contribution in [-0.2, 0) is 21.0 Å². The molecule has 0 aromatic heterocycles. The first-order chi connectivity index (χ1) is 15.0. The lowest BCUT2D eigenvalue weighted by Crippen LogP contribution is -2.38. The molecule has 32 heavy (non-hydrogen) atoms. The number of carbonyl (C=O) groups is 1. The van der Waals surface area contributed by atoms with E-state index in [4.69, 9.17) is 11.6 Å². The van der Waals surface area contributed by atoms with Crippen LogP contribution in [0.15, 0.2) is 82.2 Å². The van der Waals surface area contributed by atoms with E-state index in [0.717, 1.165) is 10.4 Å². The molecule has 0 saturated carbocycles. The third-order valence-corrected chi connectivity index (χ3v) is 6.85. The Hall–Kier alpha value is -2.56. The fourth-order valence-electron chi connectivity index (χ4n) is 2.82. The zero-order valence-electron chi connectivity index (χ0n) is 16.1. The molecule has 3 aromatic rings. The minimum Gasteiger partial charge on any atom is -0.324 e. The smallest absolute Gasteiger partial charge is 0.324 e. The van der Waals surface area contributed by atoms with Gasteiger partial charge in [0.2, 0.25) is 5.91 Å². The second-order valence-corrected chi connectivity index (χ2v) is 9.75. The van der Waals surface area contributed by atoms with Crippen LogP contribution in [0.5, 0.6) is 0 Å². The van der Waals surface area contributed by atoms with Crippen molar-refractivity contribution in [3.05, 3.63) is 87.9 Å². The van der Waals surface area contributed by atoms with Gasteiger partial charge in [0.25, 0.3) is 10.0 Å². The van der Waals surface area contributed by atoms with Crippen molar-refractivity contribution >= 4 is 54.8 Å². The zero-order valence-corrected chi connectivity index (χ0v) is 19.3. The molecule has 1 N–H and O–H groups in total. The van der Waals surface area contributed by atoms with Gasteiger partial charge in [-0.2, -0.15) is 13.2 Å². The molecule has 0 saturated heterocycles. The van der Waals surface area contributed by atoms with Crippen LogP contribution in [0, 0.1) is 0 Å². The maximum atomic E-state index is 13.3. The van der Waals surface area contributed by atoms with Gasteiger partial charge in [-0.05, 0) is 54.6 Å². The maximum absolute atomic E-state index is 13.3. The van der Waals surface area contributed by atoms with Crippen molar-refractivity contribution < 1.29 is 26.4 Å². The number of nitrogens with zero attached hydrogens (tertiary/aromatic N) is 1. The summed E-state index contributed by atoms with van der Waals surface area (Å²) >= 11 is 8.91. The van der Waals surface area contributed by atoms with Crippen molar-refractivity contribution in [1.29, 1.82) is 0 Å². The number of nitrogens with one attached hydrogen (secondary N) is 1.